The van der Waals surface area contributed by atoms with Gasteiger partial charge in [-0.2, -0.15) is 4.31 Å². The SMILES string of the molecule is NCCCCN([C@H](Cc1ccccc1)C(=O)N1CCC[C@H]1C(N)=O)S(=O)(=O)c1ccc2ccccc2c1. The summed E-state index contributed by atoms with van der Waals surface area (Å²) in [6, 6.07) is 20.1. The van der Waals surface area contributed by atoms with Gasteiger partial charge in [0.15, 0.2) is 0 Å². The average Bonchev–Trinajstić information content (AvgIpc) is 3.40. The van der Waals surface area contributed by atoms with Crippen molar-refractivity contribution in [3.63, 3.8) is 0 Å². The highest BCUT2D eigenvalue weighted by atomic mass is 32.2. The fraction of sp³-hybridized carbons (Fsp3) is 0.357. The van der Waals surface area contributed by atoms with Crippen molar-refractivity contribution >= 4 is 32.6 Å². The number of primary amides is 1. The largest absolute Gasteiger partial charge is 0.368 e. The van der Waals surface area contributed by atoms with Gasteiger partial charge in [0.25, 0.3) is 0 Å². The number of amides is 2. The molecule has 3 aromatic carbocycles. The Morgan fingerprint density at radius 2 is 1.68 bits per heavy atom. The molecule has 2 amide bonds. The first-order valence-corrected chi connectivity index (χ1v) is 14.1. The van der Waals surface area contributed by atoms with Gasteiger partial charge in [0.2, 0.25) is 21.8 Å². The van der Waals surface area contributed by atoms with Crippen LogP contribution in [-0.2, 0) is 26.0 Å². The van der Waals surface area contributed by atoms with Crippen molar-refractivity contribution in [3.8, 4) is 0 Å². The van der Waals surface area contributed by atoms with Crippen molar-refractivity contribution in [1.82, 2.24) is 9.21 Å². The number of likely N-dealkylation sites (tertiary alicyclic amines) is 1. The topological polar surface area (TPSA) is 127 Å². The number of sulfonamides is 1. The second-order valence-electron chi connectivity index (χ2n) is 9.42. The monoisotopic (exact) mass is 522 g/mol. The summed E-state index contributed by atoms with van der Waals surface area (Å²) in [4.78, 5) is 27.7. The lowest BCUT2D eigenvalue weighted by molar-refractivity contribution is -0.140. The summed E-state index contributed by atoms with van der Waals surface area (Å²) < 4.78 is 29.6. The van der Waals surface area contributed by atoms with Crippen molar-refractivity contribution in [2.24, 2.45) is 11.5 Å². The van der Waals surface area contributed by atoms with E-state index in [4.69, 9.17) is 11.5 Å². The molecule has 0 bridgehead atoms. The van der Waals surface area contributed by atoms with Crippen LogP contribution < -0.4 is 11.5 Å². The molecule has 0 radical (unpaired) electrons. The Bertz CT molecular complexity index is 1350. The standard InChI is InChI=1S/C28H34N4O4S/c29-16-6-7-18-32(37(35,36)24-15-14-22-11-4-5-12-23(22)20-24)26(19-21-9-2-1-3-10-21)28(34)31-17-8-13-25(31)27(30)33/h1-5,9-12,14-15,20,25-26H,6-8,13,16-19,29H2,(H2,30,33)/t25-,26+/m0/s1. The van der Waals surface area contributed by atoms with Gasteiger partial charge in [-0.05, 0) is 67.1 Å². The third kappa shape index (κ3) is 6.01. The minimum absolute atomic E-state index is 0.123. The quantitative estimate of drug-likeness (QED) is 0.374. The second-order valence-corrected chi connectivity index (χ2v) is 11.3. The van der Waals surface area contributed by atoms with Crippen LogP contribution in [0, 0.1) is 0 Å². The number of benzene rings is 3. The van der Waals surface area contributed by atoms with Crippen LogP contribution in [0.1, 0.15) is 31.2 Å². The zero-order chi connectivity index (χ0) is 26.4. The Morgan fingerprint density at radius 3 is 2.38 bits per heavy atom. The lowest BCUT2D eigenvalue weighted by atomic mass is 10.0. The summed E-state index contributed by atoms with van der Waals surface area (Å²) in [5.41, 5.74) is 12.1. The van der Waals surface area contributed by atoms with Gasteiger partial charge in [-0.3, -0.25) is 9.59 Å². The Labute approximate surface area is 218 Å². The molecule has 1 saturated heterocycles. The molecule has 2 atom stereocenters. The van der Waals surface area contributed by atoms with Crippen LogP contribution in [0.5, 0.6) is 0 Å². The maximum Gasteiger partial charge on any atom is 0.243 e. The van der Waals surface area contributed by atoms with Gasteiger partial charge in [0.05, 0.1) is 4.90 Å². The Kier molecular flexibility index (Phi) is 8.58. The number of carbonyl (C=O) groups is 2. The summed E-state index contributed by atoms with van der Waals surface area (Å²) in [6.45, 7) is 0.909. The Morgan fingerprint density at radius 1 is 0.973 bits per heavy atom. The van der Waals surface area contributed by atoms with E-state index in [9.17, 15) is 18.0 Å². The van der Waals surface area contributed by atoms with Crippen LogP contribution in [0.2, 0.25) is 0 Å². The normalized spacial score (nSPS) is 16.8. The van der Waals surface area contributed by atoms with E-state index in [0.29, 0.717) is 38.8 Å². The highest BCUT2D eigenvalue weighted by Crippen LogP contribution is 2.28. The molecule has 1 fully saturated rings. The molecule has 3 aromatic rings. The predicted molar refractivity (Wildman–Crippen MR) is 144 cm³/mol. The van der Waals surface area contributed by atoms with Crippen molar-refractivity contribution in [2.75, 3.05) is 19.6 Å². The molecule has 1 heterocycles. The third-order valence-corrected chi connectivity index (χ3v) is 8.83. The van der Waals surface area contributed by atoms with E-state index >= 15 is 0 Å². The van der Waals surface area contributed by atoms with E-state index in [0.717, 1.165) is 16.3 Å². The van der Waals surface area contributed by atoms with Gasteiger partial charge in [-0.25, -0.2) is 8.42 Å². The first kappa shape index (κ1) is 26.8. The van der Waals surface area contributed by atoms with Crippen LogP contribution >= 0.6 is 0 Å². The first-order valence-electron chi connectivity index (χ1n) is 12.7. The fourth-order valence-electron chi connectivity index (χ4n) is 4.99. The summed E-state index contributed by atoms with van der Waals surface area (Å²) in [6.07, 6.45) is 2.41. The zero-order valence-electron chi connectivity index (χ0n) is 20.8. The van der Waals surface area contributed by atoms with E-state index < -0.39 is 33.9 Å². The molecular weight excluding hydrogens is 488 g/mol. The lowest BCUT2D eigenvalue weighted by Crippen LogP contribution is -2.55. The van der Waals surface area contributed by atoms with Crippen LogP contribution in [0.3, 0.4) is 0 Å². The van der Waals surface area contributed by atoms with Gasteiger partial charge in [-0.1, -0.05) is 60.7 Å². The zero-order valence-corrected chi connectivity index (χ0v) is 21.6. The minimum atomic E-state index is -4.08. The van der Waals surface area contributed by atoms with Crippen molar-refractivity contribution in [3.05, 3.63) is 78.4 Å². The number of unbranched alkanes of at least 4 members (excludes halogenated alkanes) is 1. The predicted octanol–water partition coefficient (Wildman–Crippen LogP) is 2.66. The summed E-state index contributed by atoms with van der Waals surface area (Å²) in [5.74, 6) is -0.973. The molecule has 4 N–H and O–H groups in total. The highest BCUT2D eigenvalue weighted by molar-refractivity contribution is 7.89. The van der Waals surface area contributed by atoms with Crippen LogP contribution in [0.25, 0.3) is 10.8 Å². The highest BCUT2D eigenvalue weighted by Gasteiger charge is 2.42. The molecule has 0 spiro atoms. The molecular formula is C28H34N4O4S. The van der Waals surface area contributed by atoms with E-state index in [1.807, 2.05) is 54.6 Å². The van der Waals surface area contributed by atoms with Crippen LogP contribution in [0.15, 0.2) is 77.7 Å². The number of hydrogen-bond donors (Lipinski definition) is 2. The maximum absolute atomic E-state index is 14.2. The van der Waals surface area contributed by atoms with Gasteiger partial charge < -0.3 is 16.4 Å². The van der Waals surface area contributed by atoms with Crippen molar-refractivity contribution in [2.45, 2.75) is 49.1 Å². The molecule has 0 saturated carbocycles. The fourth-order valence-corrected chi connectivity index (χ4v) is 6.64. The minimum Gasteiger partial charge on any atom is -0.368 e. The number of rotatable bonds is 11. The second kappa shape index (κ2) is 11.9. The molecule has 0 unspecified atom stereocenters. The van der Waals surface area contributed by atoms with Crippen LogP contribution in [-0.4, -0.2) is 61.2 Å². The molecule has 1 aliphatic rings. The molecule has 8 nitrogen and oxygen atoms in total. The van der Waals surface area contributed by atoms with E-state index in [1.54, 1.807) is 18.2 Å². The van der Waals surface area contributed by atoms with E-state index in [-0.39, 0.29) is 17.9 Å². The first-order chi connectivity index (χ1) is 17.8. The number of fused-ring (bicyclic) bond motifs is 1. The number of hydrogen-bond acceptors (Lipinski definition) is 5. The maximum atomic E-state index is 14.2. The van der Waals surface area contributed by atoms with Gasteiger partial charge in [-0.15, -0.1) is 0 Å². The smallest absolute Gasteiger partial charge is 0.243 e. The third-order valence-electron chi connectivity index (χ3n) is 6.93. The summed E-state index contributed by atoms with van der Waals surface area (Å²) in [5, 5.41) is 1.72. The Hall–Kier alpha value is -3.27. The number of carbonyl (C=O) groups excluding carboxylic acids is 2. The molecule has 4 rings (SSSR count). The van der Waals surface area contributed by atoms with Crippen LogP contribution in [0.4, 0.5) is 0 Å². The van der Waals surface area contributed by atoms with Gasteiger partial charge >= 0.3 is 0 Å². The number of nitrogens with zero attached hydrogens (tertiary/aromatic N) is 2. The molecule has 1 aliphatic heterocycles. The molecule has 0 aliphatic carbocycles. The molecule has 196 valence electrons. The Balaban J connectivity index is 1.78. The lowest BCUT2D eigenvalue weighted by Gasteiger charge is -2.34. The van der Waals surface area contributed by atoms with Gasteiger partial charge in [0, 0.05) is 13.1 Å². The number of nitrogens with two attached hydrogens (primary N) is 2. The average molecular weight is 523 g/mol. The van der Waals surface area contributed by atoms with Crippen molar-refractivity contribution < 1.29 is 18.0 Å². The molecule has 9 heteroatoms. The molecule has 37 heavy (non-hydrogen) atoms. The summed E-state index contributed by atoms with van der Waals surface area (Å²) in [7, 11) is -4.08. The summed E-state index contributed by atoms with van der Waals surface area (Å²) >= 11 is 0. The van der Waals surface area contributed by atoms with E-state index in [2.05, 4.69) is 0 Å². The van der Waals surface area contributed by atoms with Crippen molar-refractivity contribution in [1.29, 1.82) is 0 Å². The van der Waals surface area contributed by atoms with E-state index in [1.165, 1.54) is 9.21 Å². The van der Waals surface area contributed by atoms with Gasteiger partial charge in [0.1, 0.15) is 12.1 Å². The molecule has 0 aromatic heterocycles.